The Morgan fingerprint density at radius 1 is 1.09 bits per heavy atom. The lowest BCUT2D eigenvalue weighted by Gasteiger charge is -2.33. The van der Waals surface area contributed by atoms with E-state index in [1.54, 1.807) is 37.3 Å². The molecular weight excluding hydrogens is 410 g/mol. The average molecular weight is 437 g/mol. The molecule has 0 unspecified atom stereocenters. The molecule has 3 aromatic rings. The van der Waals surface area contributed by atoms with E-state index in [0.717, 1.165) is 5.56 Å². The quantitative estimate of drug-likeness (QED) is 0.484. The molecule has 3 rings (SSSR count). The molecule has 8 nitrogen and oxygen atoms in total. The Labute approximate surface area is 185 Å². The SMILES string of the molecule is Cc1cc(=O)oc2cc(N(C(=O)[C@@H](N)C(C)C)[C@@H](Cc3ccc(O)cc3)C(N)=O)ccc12. The van der Waals surface area contributed by atoms with Gasteiger partial charge in [0, 0.05) is 29.6 Å². The van der Waals surface area contributed by atoms with E-state index in [1.165, 1.54) is 23.1 Å². The molecule has 0 aliphatic heterocycles. The molecule has 0 fully saturated rings. The van der Waals surface area contributed by atoms with Gasteiger partial charge in [0.25, 0.3) is 0 Å². The third-order valence-electron chi connectivity index (χ3n) is 5.46. The number of carbonyl (C=O) groups excluding carboxylic acids is 2. The van der Waals surface area contributed by atoms with Gasteiger partial charge in [0.2, 0.25) is 11.8 Å². The van der Waals surface area contributed by atoms with Gasteiger partial charge in [0.15, 0.2) is 0 Å². The summed E-state index contributed by atoms with van der Waals surface area (Å²) >= 11 is 0. The highest BCUT2D eigenvalue weighted by molar-refractivity contribution is 6.04. The number of nitrogens with zero attached hydrogens (tertiary/aromatic N) is 1. The van der Waals surface area contributed by atoms with E-state index in [9.17, 15) is 19.5 Å². The molecule has 0 aliphatic carbocycles. The van der Waals surface area contributed by atoms with E-state index < -0.39 is 29.5 Å². The number of aromatic hydroxyl groups is 1. The predicted molar refractivity (Wildman–Crippen MR) is 122 cm³/mol. The fourth-order valence-corrected chi connectivity index (χ4v) is 3.54. The van der Waals surface area contributed by atoms with Gasteiger partial charge in [-0.05, 0) is 48.2 Å². The molecule has 0 bridgehead atoms. The number of benzene rings is 2. The minimum Gasteiger partial charge on any atom is -0.508 e. The molecule has 2 amide bonds. The molecule has 1 aromatic heterocycles. The topological polar surface area (TPSA) is 140 Å². The summed E-state index contributed by atoms with van der Waals surface area (Å²) in [6.07, 6.45) is 0.113. The summed E-state index contributed by atoms with van der Waals surface area (Å²) in [6.45, 7) is 5.40. The van der Waals surface area contributed by atoms with Gasteiger partial charge in [-0.25, -0.2) is 4.79 Å². The first-order chi connectivity index (χ1) is 15.1. The second-order valence-electron chi connectivity index (χ2n) is 8.20. The Balaban J connectivity index is 2.14. The van der Waals surface area contributed by atoms with Crippen molar-refractivity contribution in [1.82, 2.24) is 0 Å². The summed E-state index contributed by atoms with van der Waals surface area (Å²) in [5.41, 5.74) is 13.4. The number of anilines is 1. The lowest BCUT2D eigenvalue weighted by Crippen LogP contribution is -2.55. The van der Waals surface area contributed by atoms with Gasteiger partial charge in [0.05, 0.1) is 6.04 Å². The Kier molecular flexibility index (Phi) is 6.64. The van der Waals surface area contributed by atoms with Crippen LogP contribution in [0.4, 0.5) is 5.69 Å². The van der Waals surface area contributed by atoms with Crippen molar-refractivity contribution >= 4 is 28.5 Å². The number of amides is 2. The predicted octanol–water partition coefficient (Wildman–Crippen LogP) is 2.22. The first kappa shape index (κ1) is 23.0. The second kappa shape index (κ2) is 9.23. The van der Waals surface area contributed by atoms with Gasteiger partial charge in [-0.1, -0.05) is 26.0 Å². The van der Waals surface area contributed by atoms with E-state index >= 15 is 0 Å². The Hall–Kier alpha value is -3.65. The number of hydrogen-bond acceptors (Lipinski definition) is 6. The molecule has 0 saturated carbocycles. The maximum absolute atomic E-state index is 13.4. The van der Waals surface area contributed by atoms with Crippen molar-refractivity contribution in [1.29, 1.82) is 0 Å². The van der Waals surface area contributed by atoms with Crippen LogP contribution in [-0.4, -0.2) is 29.0 Å². The summed E-state index contributed by atoms with van der Waals surface area (Å²) in [5.74, 6) is -1.29. The van der Waals surface area contributed by atoms with Gasteiger partial charge in [0.1, 0.15) is 17.4 Å². The molecule has 0 saturated heterocycles. The lowest BCUT2D eigenvalue weighted by molar-refractivity contribution is -0.125. The van der Waals surface area contributed by atoms with E-state index in [2.05, 4.69) is 0 Å². The summed E-state index contributed by atoms with van der Waals surface area (Å²) in [5, 5.41) is 10.3. The number of carbonyl (C=O) groups is 2. The number of aryl methyl sites for hydroxylation is 1. The van der Waals surface area contributed by atoms with Crippen LogP contribution >= 0.6 is 0 Å². The van der Waals surface area contributed by atoms with Crippen LogP contribution in [0.2, 0.25) is 0 Å². The summed E-state index contributed by atoms with van der Waals surface area (Å²) in [7, 11) is 0. The first-order valence-corrected chi connectivity index (χ1v) is 10.3. The van der Waals surface area contributed by atoms with Crippen LogP contribution in [0, 0.1) is 12.8 Å². The van der Waals surface area contributed by atoms with Crippen LogP contribution < -0.4 is 22.0 Å². The molecule has 2 aromatic carbocycles. The van der Waals surface area contributed by atoms with E-state index in [-0.39, 0.29) is 23.7 Å². The highest BCUT2D eigenvalue weighted by atomic mass is 16.4. The third-order valence-corrected chi connectivity index (χ3v) is 5.46. The number of rotatable bonds is 7. The van der Waals surface area contributed by atoms with Gasteiger partial charge in [-0.15, -0.1) is 0 Å². The van der Waals surface area contributed by atoms with Crippen LogP contribution in [0.1, 0.15) is 25.0 Å². The molecular formula is C24H27N3O5. The van der Waals surface area contributed by atoms with Crippen LogP contribution in [0.25, 0.3) is 11.0 Å². The minimum absolute atomic E-state index is 0.0825. The molecule has 8 heteroatoms. The number of phenols is 1. The second-order valence-corrected chi connectivity index (χ2v) is 8.20. The Morgan fingerprint density at radius 2 is 1.75 bits per heavy atom. The number of primary amides is 1. The molecule has 5 N–H and O–H groups in total. The van der Waals surface area contributed by atoms with Crippen molar-refractivity contribution in [3.05, 3.63) is 70.1 Å². The largest absolute Gasteiger partial charge is 0.508 e. The smallest absolute Gasteiger partial charge is 0.336 e. The normalized spacial score (nSPS) is 13.2. The standard InChI is InChI=1S/C24H27N3O5/c1-13(2)22(25)24(31)27(19(23(26)30)11-15-4-7-17(28)8-5-15)16-6-9-18-14(3)10-21(29)32-20(18)12-16/h4-10,12-13,19,22,28H,11,25H2,1-3H3,(H2,26,30)/t19-,22-/m0/s1. The highest BCUT2D eigenvalue weighted by Gasteiger charge is 2.34. The maximum atomic E-state index is 13.4. The zero-order valence-corrected chi connectivity index (χ0v) is 18.2. The van der Waals surface area contributed by atoms with Gasteiger partial charge in [-0.3, -0.25) is 14.5 Å². The van der Waals surface area contributed by atoms with Crippen molar-refractivity contribution in [2.45, 2.75) is 39.3 Å². The van der Waals surface area contributed by atoms with Crippen LogP contribution in [0.3, 0.4) is 0 Å². The van der Waals surface area contributed by atoms with Gasteiger partial charge >= 0.3 is 5.63 Å². The van der Waals surface area contributed by atoms with Crippen LogP contribution in [0.15, 0.2) is 57.7 Å². The third kappa shape index (κ3) is 4.81. The zero-order valence-electron chi connectivity index (χ0n) is 18.2. The molecule has 2 atom stereocenters. The van der Waals surface area contributed by atoms with Crippen molar-refractivity contribution in [3.63, 3.8) is 0 Å². The maximum Gasteiger partial charge on any atom is 0.336 e. The highest BCUT2D eigenvalue weighted by Crippen LogP contribution is 2.27. The number of phenolic OH excluding ortho intramolecular Hbond substituents is 1. The fourth-order valence-electron chi connectivity index (χ4n) is 3.54. The van der Waals surface area contributed by atoms with Crippen molar-refractivity contribution in [2.75, 3.05) is 4.90 Å². The number of hydrogen-bond donors (Lipinski definition) is 3. The van der Waals surface area contributed by atoms with Crippen molar-refractivity contribution in [3.8, 4) is 5.75 Å². The molecule has 0 aliphatic rings. The van der Waals surface area contributed by atoms with Crippen molar-refractivity contribution in [2.24, 2.45) is 17.4 Å². The van der Waals surface area contributed by atoms with Gasteiger partial charge < -0.3 is 21.0 Å². The van der Waals surface area contributed by atoms with Crippen LogP contribution in [-0.2, 0) is 16.0 Å². The number of fused-ring (bicyclic) bond motifs is 1. The Morgan fingerprint density at radius 3 is 2.34 bits per heavy atom. The summed E-state index contributed by atoms with van der Waals surface area (Å²) in [4.78, 5) is 39.1. The molecule has 168 valence electrons. The van der Waals surface area contributed by atoms with Gasteiger partial charge in [-0.2, -0.15) is 0 Å². The summed E-state index contributed by atoms with van der Waals surface area (Å²) in [6, 6.07) is 10.7. The lowest BCUT2D eigenvalue weighted by atomic mass is 9.98. The van der Waals surface area contributed by atoms with E-state index in [4.69, 9.17) is 15.9 Å². The first-order valence-electron chi connectivity index (χ1n) is 10.3. The Bertz CT molecular complexity index is 1200. The van der Waals surface area contributed by atoms with E-state index in [1.807, 2.05) is 13.8 Å². The molecule has 32 heavy (non-hydrogen) atoms. The average Bonchev–Trinajstić information content (AvgIpc) is 2.73. The van der Waals surface area contributed by atoms with Crippen LogP contribution in [0.5, 0.6) is 5.75 Å². The zero-order chi connectivity index (χ0) is 23.6. The van der Waals surface area contributed by atoms with E-state index in [0.29, 0.717) is 16.6 Å². The molecule has 0 spiro atoms. The fraction of sp³-hybridized carbons (Fsp3) is 0.292. The molecule has 1 heterocycles. The monoisotopic (exact) mass is 437 g/mol. The van der Waals surface area contributed by atoms with Crippen molar-refractivity contribution < 1.29 is 19.1 Å². The molecule has 0 radical (unpaired) electrons. The minimum atomic E-state index is -1.05. The summed E-state index contributed by atoms with van der Waals surface area (Å²) < 4.78 is 5.32. The number of nitrogens with two attached hydrogens (primary N) is 2.